The Morgan fingerprint density at radius 3 is 3.00 bits per heavy atom. The van der Waals surface area contributed by atoms with Crippen LogP contribution in [0.25, 0.3) is 0 Å². The van der Waals surface area contributed by atoms with Crippen molar-refractivity contribution >= 4 is 28.9 Å². The van der Waals surface area contributed by atoms with Gasteiger partial charge in [-0.25, -0.2) is 0 Å². The fraction of sp³-hybridized carbons (Fsp3) is 0.571. The van der Waals surface area contributed by atoms with Crippen LogP contribution in [0.3, 0.4) is 0 Å². The van der Waals surface area contributed by atoms with Gasteiger partial charge in [-0.2, -0.15) is 0 Å². The van der Waals surface area contributed by atoms with E-state index in [9.17, 15) is 0 Å². The second kappa shape index (κ2) is 6.65. The summed E-state index contributed by atoms with van der Waals surface area (Å²) in [5.41, 5.74) is 2.29. The smallest absolute Gasteiger partial charge is 0.0750 e. The van der Waals surface area contributed by atoms with E-state index in [1.165, 1.54) is 5.69 Å². The molecule has 0 saturated carbocycles. The highest BCUT2D eigenvalue weighted by molar-refractivity contribution is 6.30. The molecule has 1 aromatic rings. The largest absolute Gasteiger partial charge is 0.377 e. The number of alkyl halides is 1. The number of halogens is 2. The zero-order chi connectivity index (χ0) is 13.0. The van der Waals surface area contributed by atoms with Crippen molar-refractivity contribution in [2.75, 3.05) is 24.6 Å². The summed E-state index contributed by atoms with van der Waals surface area (Å²) in [7, 11) is 0. The molecule has 1 saturated heterocycles. The summed E-state index contributed by atoms with van der Waals surface area (Å²) in [6.45, 7) is 4.83. The molecule has 0 bridgehead atoms. The van der Waals surface area contributed by atoms with Crippen molar-refractivity contribution in [3.63, 3.8) is 0 Å². The number of anilines is 1. The first-order chi connectivity index (χ1) is 8.74. The van der Waals surface area contributed by atoms with Crippen molar-refractivity contribution in [2.24, 2.45) is 0 Å². The lowest BCUT2D eigenvalue weighted by Gasteiger charge is -2.35. The van der Waals surface area contributed by atoms with Gasteiger partial charge in [0.25, 0.3) is 0 Å². The van der Waals surface area contributed by atoms with E-state index in [2.05, 4.69) is 11.0 Å². The highest BCUT2D eigenvalue weighted by Gasteiger charge is 2.21. The summed E-state index contributed by atoms with van der Waals surface area (Å²) in [5.74, 6) is 0.492. The monoisotopic (exact) mass is 287 g/mol. The molecule has 1 fully saturated rings. The summed E-state index contributed by atoms with van der Waals surface area (Å²) in [6, 6.07) is 5.94. The molecule has 1 atom stereocenters. The molecule has 1 unspecified atom stereocenters. The number of nitrogens with zero attached hydrogens (tertiary/aromatic N) is 1. The van der Waals surface area contributed by atoms with Crippen LogP contribution in [0.15, 0.2) is 18.2 Å². The maximum atomic E-state index is 6.01. The minimum Gasteiger partial charge on any atom is -0.377 e. The molecule has 1 aliphatic rings. The molecule has 18 heavy (non-hydrogen) atoms. The third kappa shape index (κ3) is 3.31. The second-order valence-electron chi connectivity index (χ2n) is 4.57. The molecular weight excluding hydrogens is 269 g/mol. The fourth-order valence-corrected chi connectivity index (χ4v) is 2.91. The molecule has 1 aromatic carbocycles. The third-order valence-electron chi connectivity index (χ3n) is 3.31. The predicted molar refractivity (Wildman–Crippen MR) is 77.9 cm³/mol. The molecule has 2 nitrogen and oxygen atoms in total. The van der Waals surface area contributed by atoms with E-state index in [0.717, 1.165) is 43.1 Å². The highest BCUT2D eigenvalue weighted by Crippen LogP contribution is 2.28. The van der Waals surface area contributed by atoms with Crippen LogP contribution in [-0.4, -0.2) is 25.8 Å². The van der Waals surface area contributed by atoms with Gasteiger partial charge in [0.15, 0.2) is 0 Å². The third-order valence-corrected chi connectivity index (χ3v) is 3.83. The van der Waals surface area contributed by atoms with Gasteiger partial charge in [-0.1, -0.05) is 11.6 Å². The van der Waals surface area contributed by atoms with Crippen LogP contribution < -0.4 is 4.90 Å². The van der Waals surface area contributed by atoms with Crippen LogP contribution in [0.5, 0.6) is 0 Å². The number of piperidine rings is 1. The molecule has 0 aliphatic carbocycles. The van der Waals surface area contributed by atoms with Crippen LogP contribution in [-0.2, 0) is 10.6 Å². The summed E-state index contributed by atoms with van der Waals surface area (Å²) in [4.78, 5) is 2.36. The Morgan fingerprint density at radius 1 is 1.44 bits per heavy atom. The molecule has 0 aromatic heterocycles. The minimum absolute atomic E-state index is 0.336. The van der Waals surface area contributed by atoms with Gasteiger partial charge in [0, 0.05) is 36.3 Å². The number of hydrogen-bond acceptors (Lipinski definition) is 2. The summed E-state index contributed by atoms with van der Waals surface area (Å²) in [6.07, 6.45) is 2.64. The van der Waals surface area contributed by atoms with Gasteiger partial charge in [-0.15, -0.1) is 11.6 Å². The Kier molecular flexibility index (Phi) is 5.16. The molecule has 0 amide bonds. The first kappa shape index (κ1) is 14.0. The molecule has 1 heterocycles. The van der Waals surface area contributed by atoms with Crippen LogP contribution in [0, 0.1) is 0 Å². The standard InChI is InChI=1S/C14H19Cl2NO/c1-2-18-13-4-3-7-17(10-13)14-6-5-12(16)8-11(14)9-15/h5-6,8,13H,2-4,7,9-10H2,1H3. The van der Waals surface area contributed by atoms with Crippen molar-refractivity contribution in [1.82, 2.24) is 0 Å². The molecular formula is C14H19Cl2NO. The van der Waals surface area contributed by atoms with E-state index in [-0.39, 0.29) is 0 Å². The molecule has 0 spiro atoms. The number of hydrogen-bond donors (Lipinski definition) is 0. The topological polar surface area (TPSA) is 12.5 Å². The molecule has 2 rings (SSSR count). The molecule has 4 heteroatoms. The van der Waals surface area contributed by atoms with E-state index in [1.807, 2.05) is 19.1 Å². The SMILES string of the molecule is CCOC1CCCN(c2ccc(Cl)cc2CCl)C1. The second-order valence-corrected chi connectivity index (χ2v) is 5.28. The fourth-order valence-electron chi connectivity index (χ4n) is 2.50. The molecule has 1 aliphatic heterocycles. The minimum atomic E-state index is 0.336. The highest BCUT2D eigenvalue weighted by atomic mass is 35.5. The zero-order valence-electron chi connectivity index (χ0n) is 10.7. The Balaban J connectivity index is 2.15. The molecule has 0 radical (unpaired) electrons. The average Bonchev–Trinajstić information content (AvgIpc) is 2.39. The van der Waals surface area contributed by atoms with E-state index >= 15 is 0 Å². The van der Waals surface area contributed by atoms with Crippen molar-refractivity contribution in [3.05, 3.63) is 28.8 Å². The van der Waals surface area contributed by atoms with Crippen molar-refractivity contribution in [2.45, 2.75) is 31.7 Å². The maximum Gasteiger partial charge on any atom is 0.0750 e. The van der Waals surface area contributed by atoms with Gasteiger partial charge in [0.2, 0.25) is 0 Å². The van der Waals surface area contributed by atoms with Gasteiger partial charge in [0.1, 0.15) is 0 Å². The summed E-state index contributed by atoms with van der Waals surface area (Å²) >= 11 is 12.0. The number of rotatable bonds is 4. The Morgan fingerprint density at radius 2 is 2.28 bits per heavy atom. The summed E-state index contributed by atoms with van der Waals surface area (Å²) in [5, 5.41) is 0.743. The van der Waals surface area contributed by atoms with Gasteiger partial charge in [-0.3, -0.25) is 0 Å². The van der Waals surface area contributed by atoms with Gasteiger partial charge in [0.05, 0.1) is 6.10 Å². The van der Waals surface area contributed by atoms with Gasteiger partial charge in [-0.05, 0) is 43.5 Å². The zero-order valence-corrected chi connectivity index (χ0v) is 12.2. The van der Waals surface area contributed by atoms with Crippen LogP contribution >= 0.6 is 23.2 Å². The molecule has 100 valence electrons. The Hall–Kier alpha value is -0.440. The van der Waals surface area contributed by atoms with Crippen LogP contribution in [0.4, 0.5) is 5.69 Å². The van der Waals surface area contributed by atoms with Crippen molar-refractivity contribution < 1.29 is 4.74 Å². The lowest BCUT2D eigenvalue weighted by atomic mass is 10.1. The first-order valence-corrected chi connectivity index (χ1v) is 7.36. The number of ether oxygens (including phenoxy) is 1. The predicted octanol–water partition coefficient (Wildman–Crippen LogP) is 4.08. The normalized spacial score (nSPS) is 20.2. The van der Waals surface area contributed by atoms with E-state index in [4.69, 9.17) is 27.9 Å². The lowest BCUT2D eigenvalue weighted by molar-refractivity contribution is 0.0526. The first-order valence-electron chi connectivity index (χ1n) is 6.45. The quantitative estimate of drug-likeness (QED) is 0.774. The summed E-state index contributed by atoms with van der Waals surface area (Å²) < 4.78 is 5.73. The van der Waals surface area contributed by atoms with Crippen molar-refractivity contribution in [3.8, 4) is 0 Å². The molecule has 0 N–H and O–H groups in total. The Bertz CT molecular complexity index is 395. The maximum absolute atomic E-state index is 6.01. The van der Waals surface area contributed by atoms with E-state index in [0.29, 0.717) is 12.0 Å². The average molecular weight is 288 g/mol. The van der Waals surface area contributed by atoms with Gasteiger partial charge < -0.3 is 9.64 Å². The number of benzene rings is 1. The van der Waals surface area contributed by atoms with E-state index in [1.54, 1.807) is 0 Å². The van der Waals surface area contributed by atoms with Gasteiger partial charge >= 0.3 is 0 Å². The van der Waals surface area contributed by atoms with Crippen molar-refractivity contribution in [1.29, 1.82) is 0 Å². The Labute approximate surface area is 119 Å². The van der Waals surface area contributed by atoms with E-state index < -0.39 is 0 Å². The lowest BCUT2D eigenvalue weighted by Crippen LogP contribution is -2.40. The van der Waals surface area contributed by atoms with Crippen LogP contribution in [0.1, 0.15) is 25.3 Å². The van der Waals surface area contributed by atoms with Crippen LogP contribution in [0.2, 0.25) is 5.02 Å².